The van der Waals surface area contributed by atoms with Crippen molar-refractivity contribution in [3.8, 4) is 0 Å². The lowest BCUT2D eigenvalue weighted by molar-refractivity contribution is -0.137. The summed E-state index contributed by atoms with van der Waals surface area (Å²) >= 11 is 1.14. The first-order valence-corrected chi connectivity index (χ1v) is 11.8. The third-order valence-electron chi connectivity index (χ3n) is 5.49. The van der Waals surface area contributed by atoms with E-state index in [1.165, 1.54) is 12.1 Å². The zero-order valence-electron chi connectivity index (χ0n) is 17.8. The predicted octanol–water partition coefficient (Wildman–Crippen LogP) is 3.72. The Kier molecular flexibility index (Phi) is 7.06. The minimum Gasteiger partial charge on any atom is -0.354 e. The van der Waals surface area contributed by atoms with E-state index in [0.29, 0.717) is 23.4 Å². The summed E-state index contributed by atoms with van der Waals surface area (Å²) in [6, 6.07) is 8.40. The largest absolute Gasteiger partial charge is 0.416 e. The molecule has 1 saturated carbocycles. The molecule has 0 radical (unpaired) electrons. The molecule has 1 unspecified atom stereocenters. The van der Waals surface area contributed by atoms with Crippen molar-refractivity contribution < 1.29 is 22.8 Å². The maximum absolute atomic E-state index is 12.8. The molecule has 0 spiro atoms. The third kappa shape index (κ3) is 6.59. The van der Waals surface area contributed by atoms with Gasteiger partial charge in [0.1, 0.15) is 5.03 Å². The number of anilines is 2. The van der Waals surface area contributed by atoms with Gasteiger partial charge in [-0.05, 0) is 56.0 Å². The second kappa shape index (κ2) is 9.98. The zero-order chi connectivity index (χ0) is 23.4. The van der Waals surface area contributed by atoms with E-state index in [9.17, 15) is 22.8 Å². The van der Waals surface area contributed by atoms with Crippen LogP contribution in [-0.2, 0) is 15.8 Å². The normalized spacial score (nSPS) is 18.6. The number of nitrogens with zero attached hydrogens (tertiary/aromatic N) is 3. The molecule has 2 fully saturated rings. The van der Waals surface area contributed by atoms with Crippen LogP contribution in [0.25, 0.3) is 0 Å². The standard InChI is InChI=1S/C22H24F3N5O2S/c23-22(24,25)15-4-1-5-17(11-15)26-19(31)13-33-20-9-8-18(28-29-20)30-10-2-3-14(12-30)21(32)27-16-6-7-16/h1,4-5,8-9,11,14,16H,2-3,6-7,10,12-13H2,(H,26,31)(H,27,32). The van der Waals surface area contributed by atoms with Crippen LogP contribution < -0.4 is 15.5 Å². The van der Waals surface area contributed by atoms with Crippen LogP contribution in [0.15, 0.2) is 41.4 Å². The fraction of sp³-hybridized carbons (Fsp3) is 0.455. The highest BCUT2D eigenvalue weighted by atomic mass is 32.2. The second-order valence-corrected chi connectivity index (χ2v) is 9.21. The van der Waals surface area contributed by atoms with Gasteiger partial charge < -0.3 is 15.5 Å². The summed E-state index contributed by atoms with van der Waals surface area (Å²) in [6.07, 6.45) is -0.592. The Morgan fingerprint density at radius 1 is 1.12 bits per heavy atom. The van der Waals surface area contributed by atoms with Gasteiger partial charge in [-0.15, -0.1) is 10.2 Å². The SMILES string of the molecule is O=C(CSc1ccc(N2CCCC(C(=O)NC3CC3)C2)nn1)Nc1cccc(C(F)(F)F)c1. The predicted molar refractivity (Wildman–Crippen MR) is 119 cm³/mol. The summed E-state index contributed by atoms with van der Waals surface area (Å²) in [7, 11) is 0. The molecule has 1 atom stereocenters. The van der Waals surface area contributed by atoms with E-state index < -0.39 is 17.6 Å². The lowest BCUT2D eigenvalue weighted by Crippen LogP contribution is -2.44. The summed E-state index contributed by atoms with van der Waals surface area (Å²) < 4.78 is 38.4. The van der Waals surface area contributed by atoms with E-state index in [-0.39, 0.29) is 23.3 Å². The molecule has 1 saturated heterocycles. The molecule has 1 aliphatic heterocycles. The zero-order valence-corrected chi connectivity index (χ0v) is 18.6. The van der Waals surface area contributed by atoms with Crippen molar-refractivity contribution in [3.05, 3.63) is 42.0 Å². The Bertz CT molecular complexity index is 998. The van der Waals surface area contributed by atoms with E-state index in [2.05, 4.69) is 20.8 Å². The Morgan fingerprint density at radius 3 is 2.64 bits per heavy atom. The molecule has 1 aromatic heterocycles. The van der Waals surface area contributed by atoms with E-state index in [1.54, 1.807) is 12.1 Å². The Morgan fingerprint density at radius 2 is 1.94 bits per heavy atom. The molecule has 11 heteroatoms. The molecular formula is C22H24F3N5O2S. The van der Waals surface area contributed by atoms with Crippen molar-refractivity contribution in [3.63, 3.8) is 0 Å². The summed E-state index contributed by atoms with van der Waals surface area (Å²) in [5.74, 6) is 0.267. The van der Waals surface area contributed by atoms with Crippen LogP contribution >= 0.6 is 11.8 Å². The molecule has 176 valence electrons. The lowest BCUT2D eigenvalue weighted by atomic mass is 9.97. The quantitative estimate of drug-likeness (QED) is 0.589. The van der Waals surface area contributed by atoms with Crippen LogP contribution in [-0.4, -0.2) is 46.9 Å². The minimum atomic E-state index is -4.47. The number of rotatable bonds is 7. The molecule has 2 amide bonds. The van der Waals surface area contributed by atoms with Gasteiger partial charge in [-0.2, -0.15) is 13.2 Å². The van der Waals surface area contributed by atoms with Crippen LogP contribution in [0, 0.1) is 5.92 Å². The van der Waals surface area contributed by atoms with Crippen LogP contribution in [0.2, 0.25) is 0 Å². The van der Waals surface area contributed by atoms with Gasteiger partial charge in [0.2, 0.25) is 11.8 Å². The first-order chi connectivity index (χ1) is 15.8. The number of carbonyl (C=O) groups is 2. The Balaban J connectivity index is 1.27. The van der Waals surface area contributed by atoms with Crippen LogP contribution in [0.5, 0.6) is 0 Å². The van der Waals surface area contributed by atoms with Crippen LogP contribution in [0.3, 0.4) is 0 Å². The van der Waals surface area contributed by atoms with Gasteiger partial charge in [-0.1, -0.05) is 17.8 Å². The molecule has 2 heterocycles. The van der Waals surface area contributed by atoms with E-state index >= 15 is 0 Å². The first kappa shape index (κ1) is 23.3. The molecule has 1 aromatic carbocycles. The highest BCUT2D eigenvalue weighted by molar-refractivity contribution is 7.99. The lowest BCUT2D eigenvalue weighted by Gasteiger charge is -2.32. The van der Waals surface area contributed by atoms with Gasteiger partial charge in [0, 0.05) is 24.8 Å². The molecule has 1 aliphatic carbocycles. The molecule has 2 aliphatic rings. The van der Waals surface area contributed by atoms with E-state index in [0.717, 1.165) is 56.1 Å². The highest BCUT2D eigenvalue weighted by Gasteiger charge is 2.31. The van der Waals surface area contributed by atoms with Gasteiger partial charge in [-0.3, -0.25) is 9.59 Å². The van der Waals surface area contributed by atoms with Crippen molar-refractivity contribution in [2.45, 2.75) is 42.9 Å². The van der Waals surface area contributed by atoms with Gasteiger partial charge in [0.15, 0.2) is 5.82 Å². The van der Waals surface area contributed by atoms with Gasteiger partial charge in [0.25, 0.3) is 0 Å². The minimum absolute atomic E-state index is 0.0165. The monoisotopic (exact) mass is 479 g/mol. The van der Waals surface area contributed by atoms with Crippen molar-refractivity contribution in [1.29, 1.82) is 0 Å². The fourth-order valence-corrected chi connectivity index (χ4v) is 4.23. The van der Waals surface area contributed by atoms with Gasteiger partial charge in [-0.25, -0.2) is 0 Å². The number of benzene rings is 1. The highest BCUT2D eigenvalue weighted by Crippen LogP contribution is 2.31. The van der Waals surface area contributed by atoms with Gasteiger partial charge in [0.05, 0.1) is 17.2 Å². The Labute approximate surface area is 193 Å². The molecule has 7 nitrogen and oxygen atoms in total. The Hall–Kier alpha value is -2.82. The molecule has 0 bridgehead atoms. The number of hydrogen-bond donors (Lipinski definition) is 2. The molecule has 33 heavy (non-hydrogen) atoms. The number of alkyl halides is 3. The molecule has 4 rings (SSSR count). The van der Waals surface area contributed by atoms with Crippen LogP contribution in [0.1, 0.15) is 31.2 Å². The number of amides is 2. The fourth-order valence-electron chi connectivity index (χ4n) is 3.61. The summed E-state index contributed by atoms with van der Waals surface area (Å²) in [5.41, 5.74) is -0.735. The second-order valence-electron chi connectivity index (χ2n) is 8.21. The number of halogens is 3. The van der Waals surface area contributed by atoms with Crippen molar-refractivity contribution in [1.82, 2.24) is 15.5 Å². The number of thioether (sulfide) groups is 1. The average Bonchev–Trinajstić information content (AvgIpc) is 3.62. The topological polar surface area (TPSA) is 87.2 Å². The summed E-state index contributed by atoms with van der Waals surface area (Å²) in [4.78, 5) is 26.5. The summed E-state index contributed by atoms with van der Waals surface area (Å²) in [5, 5.41) is 14.4. The number of carbonyl (C=O) groups excluding carboxylic acids is 2. The number of aromatic nitrogens is 2. The molecular weight excluding hydrogens is 455 g/mol. The van der Waals surface area contributed by atoms with Crippen molar-refractivity contribution >= 4 is 35.1 Å². The number of piperidine rings is 1. The number of nitrogens with one attached hydrogen (secondary N) is 2. The van der Waals surface area contributed by atoms with Crippen molar-refractivity contribution in [2.75, 3.05) is 29.1 Å². The molecule has 2 N–H and O–H groups in total. The van der Waals surface area contributed by atoms with E-state index in [4.69, 9.17) is 0 Å². The smallest absolute Gasteiger partial charge is 0.354 e. The van der Waals surface area contributed by atoms with Crippen LogP contribution in [0.4, 0.5) is 24.7 Å². The summed E-state index contributed by atoms with van der Waals surface area (Å²) in [6.45, 7) is 1.40. The third-order valence-corrected chi connectivity index (χ3v) is 6.41. The first-order valence-electron chi connectivity index (χ1n) is 10.8. The number of hydrogen-bond acceptors (Lipinski definition) is 6. The van der Waals surface area contributed by atoms with Gasteiger partial charge >= 0.3 is 6.18 Å². The molecule has 2 aromatic rings. The maximum atomic E-state index is 12.8. The van der Waals surface area contributed by atoms with Crippen molar-refractivity contribution in [2.24, 2.45) is 5.92 Å². The maximum Gasteiger partial charge on any atom is 0.416 e. The average molecular weight is 480 g/mol. The van der Waals surface area contributed by atoms with E-state index in [1.807, 2.05) is 4.90 Å².